The third-order valence-electron chi connectivity index (χ3n) is 0.183. The van der Waals surface area contributed by atoms with Gasteiger partial charge in [-0.25, -0.2) is 9.59 Å². The number of hydrogen-bond acceptors (Lipinski definition) is 2. The zero-order chi connectivity index (χ0) is 5.15. The quantitative estimate of drug-likeness (QED) is 0.386. The van der Waals surface area contributed by atoms with E-state index in [4.69, 9.17) is 19.8 Å². The van der Waals surface area contributed by atoms with Crippen LogP contribution in [-0.2, 0) is 9.59 Å². The van der Waals surface area contributed by atoms with Crippen molar-refractivity contribution in [2.75, 3.05) is 0 Å². The van der Waals surface area contributed by atoms with E-state index in [9.17, 15) is 0 Å². The summed E-state index contributed by atoms with van der Waals surface area (Å²) in [6, 6.07) is 0. The molecule has 0 unspecified atom stereocenters. The molecule has 2 N–H and O–H groups in total. The molecule has 2 radical (unpaired) electrons. The van der Waals surface area contributed by atoms with Gasteiger partial charge in [0, 0.05) is 0 Å². The Balaban J connectivity index is -0.000000125. The van der Waals surface area contributed by atoms with Gasteiger partial charge in [0.25, 0.3) is 0 Å². The van der Waals surface area contributed by atoms with Gasteiger partial charge in [-0.1, -0.05) is 0 Å². The van der Waals surface area contributed by atoms with Crippen LogP contribution in [0.1, 0.15) is 0 Å². The molecule has 0 aliphatic heterocycles. The Morgan fingerprint density at radius 2 is 1.12 bits per heavy atom. The van der Waals surface area contributed by atoms with Crippen LogP contribution in [0.15, 0.2) is 0 Å². The van der Waals surface area contributed by atoms with Crippen molar-refractivity contribution in [2.24, 2.45) is 0 Å². The first-order valence-electron chi connectivity index (χ1n) is 1.11. The molecule has 0 spiro atoms. The van der Waals surface area contributed by atoms with Crippen molar-refractivity contribution < 1.29 is 19.8 Å². The van der Waals surface area contributed by atoms with Crippen molar-refractivity contribution in [3.8, 4) is 0 Å². The molecule has 0 bridgehead atoms. The standard InChI is InChI=1S/C2H2O4.Li.Pb.3H/c3-1(4)2(5)6;;;;;/h(H,3,4)(H,5,6);;;;;. The summed E-state index contributed by atoms with van der Waals surface area (Å²) in [5, 5.41) is 14.8. The Morgan fingerprint density at radius 1 is 1.00 bits per heavy atom. The van der Waals surface area contributed by atoms with Gasteiger partial charge >= 0.3 is 58.1 Å². The summed E-state index contributed by atoms with van der Waals surface area (Å²) in [6.07, 6.45) is 0. The Labute approximate surface area is 77.6 Å². The molecule has 8 heavy (non-hydrogen) atoms. The minimum absolute atomic E-state index is 0. The monoisotopic (exact) mass is 308 g/mol. The zero-order valence-electron chi connectivity index (χ0n) is 3.42. The number of carbonyl (C=O) groups is 2. The molecule has 42 valence electrons. The first kappa shape index (κ1) is 15.8. The Hall–Kier alpha value is 0.459. The van der Waals surface area contributed by atoms with Crippen LogP contribution in [0.4, 0.5) is 0 Å². The second kappa shape index (κ2) is 7.46. The summed E-state index contributed by atoms with van der Waals surface area (Å²) < 4.78 is 0. The molecule has 0 aromatic heterocycles. The van der Waals surface area contributed by atoms with Crippen LogP contribution >= 0.6 is 0 Å². The molecule has 0 aromatic rings. The number of rotatable bonds is 0. The van der Waals surface area contributed by atoms with E-state index < -0.39 is 11.9 Å². The summed E-state index contributed by atoms with van der Waals surface area (Å²) in [7, 11) is 0. The normalized spacial score (nSPS) is 5.50. The predicted molar refractivity (Wildman–Crippen MR) is 31.0 cm³/mol. The van der Waals surface area contributed by atoms with Gasteiger partial charge in [0.1, 0.15) is 0 Å². The first-order valence-corrected chi connectivity index (χ1v) is 1.11. The van der Waals surface area contributed by atoms with E-state index in [1.807, 2.05) is 0 Å². The van der Waals surface area contributed by atoms with Crippen molar-refractivity contribution in [3.05, 3.63) is 0 Å². The van der Waals surface area contributed by atoms with Gasteiger partial charge in [0.05, 0.1) is 0 Å². The molecule has 0 saturated heterocycles. The summed E-state index contributed by atoms with van der Waals surface area (Å²) in [5.74, 6) is -3.65. The van der Waals surface area contributed by atoms with Crippen LogP contribution in [0.3, 0.4) is 0 Å². The van der Waals surface area contributed by atoms with E-state index in [1.165, 1.54) is 0 Å². The topological polar surface area (TPSA) is 74.6 Å². The van der Waals surface area contributed by atoms with Gasteiger partial charge in [-0.15, -0.1) is 0 Å². The van der Waals surface area contributed by atoms with Crippen molar-refractivity contribution in [1.82, 2.24) is 0 Å². The van der Waals surface area contributed by atoms with Gasteiger partial charge < -0.3 is 10.2 Å². The van der Waals surface area contributed by atoms with Crippen molar-refractivity contribution >= 4 is 58.1 Å². The van der Waals surface area contributed by atoms with Gasteiger partial charge in [-0.3, -0.25) is 0 Å². The number of carboxylic acid groups (broad SMARTS) is 2. The fourth-order valence-corrected chi connectivity index (χ4v) is 0. The Morgan fingerprint density at radius 3 is 1.12 bits per heavy atom. The minimum atomic E-state index is -1.82. The average molecular weight is 307 g/mol. The molecule has 0 aliphatic carbocycles. The number of carboxylic acids is 2. The number of aliphatic carboxylic acids is 2. The molecule has 0 atom stereocenters. The second-order valence-electron chi connectivity index (χ2n) is 0.610. The fourth-order valence-electron chi connectivity index (χ4n) is 0. The average Bonchev–Trinajstić information content (AvgIpc) is 1.36. The summed E-state index contributed by atoms with van der Waals surface area (Å²) in [4.78, 5) is 18.2. The van der Waals surface area contributed by atoms with Crippen LogP contribution in [-0.4, -0.2) is 68.3 Å². The van der Waals surface area contributed by atoms with E-state index in [0.717, 1.165) is 0 Å². The molecular formula is C2H5LiO4Pb. The number of hydrogen-bond donors (Lipinski definition) is 2. The molecule has 0 rings (SSSR count). The van der Waals surface area contributed by atoms with Crippen LogP contribution in [0.25, 0.3) is 0 Å². The molecule has 0 aromatic carbocycles. The molecule has 4 nitrogen and oxygen atoms in total. The Bertz CT molecular complexity index is 80.0. The van der Waals surface area contributed by atoms with Crippen molar-refractivity contribution in [2.45, 2.75) is 0 Å². The Kier molecular flexibility index (Phi) is 14.7. The van der Waals surface area contributed by atoms with Gasteiger partial charge in [-0.2, -0.15) is 0 Å². The van der Waals surface area contributed by atoms with E-state index in [2.05, 4.69) is 0 Å². The molecule has 0 aliphatic rings. The van der Waals surface area contributed by atoms with Gasteiger partial charge in [0.2, 0.25) is 0 Å². The summed E-state index contributed by atoms with van der Waals surface area (Å²) in [5.41, 5.74) is 0. The molecule has 6 heteroatoms. The third kappa shape index (κ3) is 9.68. The second-order valence-corrected chi connectivity index (χ2v) is 0.610. The van der Waals surface area contributed by atoms with Crippen LogP contribution in [0.2, 0.25) is 0 Å². The van der Waals surface area contributed by atoms with Gasteiger partial charge in [0.15, 0.2) is 0 Å². The summed E-state index contributed by atoms with van der Waals surface area (Å²) in [6.45, 7) is 0. The maximum absolute atomic E-state index is 9.10. The van der Waals surface area contributed by atoms with Crippen molar-refractivity contribution in [3.63, 3.8) is 0 Å². The van der Waals surface area contributed by atoms with Crippen LogP contribution < -0.4 is 0 Å². The van der Waals surface area contributed by atoms with E-state index in [-0.39, 0.29) is 46.2 Å². The third-order valence-corrected chi connectivity index (χ3v) is 0.183. The molecular weight excluding hydrogens is 302 g/mol. The van der Waals surface area contributed by atoms with Crippen LogP contribution in [0, 0.1) is 0 Å². The molecule has 0 saturated carbocycles. The maximum atomic E-state index is 9.10. The van der Waals surface area contributed by atoms with Gasteiger partial charge in [-0.05, 0) is 0 Å². The van der Waals surface area contributed by atoms with E-state index >= 15 is 0 Å². The predicted octanol–water partition coefficient (Wildman–Crippen LogP) is -2.41. The first-order chi connectivity index (χ1) is 2.64. The van der Waals surface area contributed by atoms with Crippen LogP contribution in [0.5, 0.6) is 0 Å². The molecule has 0 amide bonds. The summed E-state index contributed by atoms with van der Waals surface area (Å²) >= 11 is 0. The SMILES string of the molecule is O=C(O)C(=O)O.[LiH].[PbH2]. The zero-order valence-corrected chi connectivity index (χ0v) is 8.92. The van der Waals surface area contributed by atoms with E-state index in [0.29, 0.717) is 0 Å². The van der Waals surface area contributed by atoms with Crippen molar-refractivity contribution in [1.29, 1.82) is 0 Å². The molecule has 0 heterocycles. The van der Waals surface area contributed by atoms with E-state index in [1.54, 1.807) is 0 Å². The fraction of sp³-hybridized carbons (Fsp3) is 0. The molecule has 0 fully saturated rings.